The summed E-state index contributed by atoms with van der Waals surface area (Å²) in [7, 11) is 0. The summed E-state index contributed by atoms with van der Waals surface area (Å²) in [5, 5.41) is 12.7. The minimum atomic E-state index is -0.173. The second-order valence-corrected chi connectivity index (χ2v) is 5.56. The zero-order chi connectivity index (χ0) is 12.0. The quantitative estimate of drug-likeness (QED) is 0.722. The molecule has 3 heteroatoms. The van der Waals surface area contributed by atoms with Gasteiger partial charge in [-0.1, -0.05) is 13.8 Å². The molecular formula is C13H28N2O. The van der Waals surface area contributed by atoms with E-state index in [-0.39, 0.29) is 6.10 Å². The molecule has 1 aliphatic heterocycles. The third-order valence-electron chi connectivity index (χ3n) is 3.21. The Balaban J connectivity index is 2.07. The third-order valence-corrected chi connectivity index (χ3v) is 3.21. The lowest BCUT2D eigenvalue weighted by atomic mass is 10.0. The molecule has 1 unspecified atom stereocenters. The van der Waals surface area contributed by atoms with Crippen LogP contribution in [0, 0.1) is 5.92 Å². The molecule has 96 valence electrons. The Labute approximate surface area is 100 Å². The van der Waals surface area contributed by atoms with Gasteiger partial charge >= 0.3 is 0 Å². The second kappa shape index (κ2) is 7.25. The monoisotopic (exact) mass is 228 g/mol. The first kappa shape index (κ1) is 13.9. The molecule has 0 radical (unpaired) electrons. The van der Waals surface area contributed by atoms with Gasteiger partial charge in [-0.2, -0.15) is 0 Å². The highest BCUT2D eigenvalue weighted by Crippen LogP contribution is 2.12. The molecule has 0 aromatic carbocycles. The normalized spacial score (nSPS) is 21.6. The van der Waals surface area contributed by atoms with Gasteiger partial charge < -0.3 is 15.3 Å². The lowest BCUT2D eigenvalue weighted by Gasteiger charge is -2.33. The largest absolute Gasteiger partial charge is 0.393 e. The van der Waals surface area contributed by atoms with Crippen LogP contribution in [0.4, 0.5) is 0 Å². The Morgan fingerprint density at radius 1 is 1.25 bits per heavy atom. The zero-order valence-electron chi connectivity index (χ0n) is 11.1. The van der Waals surface area contributed by atoms with Crippen molar-refractivity contribution in [2.24, 2.45) is 5.92 Å². The van der Waals surface area contributed by atoms with Crippen molar-refractivity contribution in [3.63, 3.8) is 0 Å². The maximum absolute atomic E-state index is 9.17. The molecule has 1 fully saturated rings. The Bertz CT molecular complexity index is 175. The summed E-state index contributed by atoms with van der Waals surface area (Å²) in [6, 6.07) is 0.669. The van der Waals surface area contributed by atoms with Crippen molar-refractivity contribution in [3.8, 4) is 0 Å². The van der Waals surface area contributed by atoms with E-state index in [4.69, 9.17) is 0 Å². The fourth-order valence-corrected chi connectivity index (χ4v) is 2.33. The zero-order valence-corrected chi connectivity index (χ0v) is 11.1. The fourth-order valence-electron chi connectivity index (χ4n) is 2.33. The smallest absolute Gasteiger partial charge is 0.0524 e. The van der Waals surface area contributed by atoms with E-state index in [1.165, 1.54) is 32.5 Å². The topological polar surface area (TPSA) is 35.5 Å². The van der Waals surface area contributed by atoms with Crippen molar-refractivity contribution in [1.82, 2.24) is 10.2 Å². The van der Waals surface area contributed by atoms with Crippen LogP contribution in [0.25, 0.3) is 0 Å². The van der Waals surface area contributed by atoms with Crippen LogP contribution in [0.3, 0.4) is 0 Å². The highest BCUT2D eigenvalue weighted by molar-refractivity contribution is 4.77. The highest BCUT2D eigenvalue weighted by Gasteiger charge is 2.18. The van der Waals surface area contributed by atoms with Crippen LogP contribution >= 0.6 is 0 Å². The van der Waals surface area contributed by atoms with E-state index in [2.05, 4.69) is 24.1 Å². The van der Waals surface area contributed by atoms with E-state index < -0.39 is 0 Å². The standard InChI is InChI=1S/C13H28N2O/c1-11(2)10-15-8-5-13(6-9-15)14-7-4-12(3)16/h11-14,16H,4-10H2,1-3H3. The van der Waals surface area contributed by atoms with Gasteiger partial charge in [0.2, 0.25) is 0 Å². The number of rotatable bonds is 6. The van der Waals surface area contributed by atoms with E-state index in [1.54, 1.807) is 0 Å². The number of aliphatic hydroxyl groups is 1. The van der Waals surface area contributed by atoms with Crippen molar-refractivity contribution >= 4 is 0 Å². The third kappa shape index (κ3) is 5.83. The highest BCUT2D eigenvalue weighted by atomic mass is 16.3. The van der Waals surface area contributed by atoms with Crippen LogP contribution in [0.5, 0.6) is 0 Å². The van der Waals surface area contributed by atoms with E-state index in [9.17, 15) is 5.11 Å². The number of hydrogen-bond acceptors (Lipinski definition) is 3. The molecule has 0 bridgehead atoms. The lowest BCUT2D eigenvalue weighted by Crippen LogP contribution is -2.44. The van der Waals surface area contributed by atoms with Crippen LogP contribution in [0.2, 0.25) is 0 Å². The van der Waals surface area contributed by atoms with E-state index in [0.717, 1.165) is 18.9 Å². The Hall–Kier alpha value is -0.120. The molecule has 1 rings (SSSR count). The van der Waals surface area contributed by atoms with Crippen LogP contribution in [-0.4, -0.2) is 48.3 Å². The molecular weight excluding hydrogens is 200 g/mol. The summed E-state index contributed by atoms with van der Waals surface area (Å²) in [6.07, 6.45) is 3.21. The molecule has 1 atom stereocenters. The minimum Gasteiger partial charge on any atom is -0.393 e. The summed E-state index contributed by atoms with van der Waals surface area (Å²) >= 11 is 0. The molecule has 0 aromatic rings. The molecule has 1 heterocycles. The fraction of sp³-hybridized carbons (Fsp3) is 1.00. The Kier molecular flexibility index (Phi) is 6.32. The predicted molar refractivity (Wildman–Crippen MR) is 68.6 cm³/mol. The predicted octanol–water partition coefficient (Wildman–Crippen LogP) is 1.47. The summed E-state index contributed by atoms with van der Waals surface area (Å²) in [4.78, 5) is 2.57. The molecule has 0 amide bonds. The first-order valence-electron chi connectivity index (χ1n) is 6.71. The molecule has 3 nitrogen and oxygen atoms in total. The van der Waals surface area contributed by atoms with Gasteiger partial charge in [-0.15, -0.1) is 0 Å². The van der Waals surface area contributed by atoms with E-state index in [1.807, 2.05) is 6.92 Å². The molecule has 0 saturated carbocycles. The van der Waals surface area contributed by atoms with Crippen LogP contribution in [0.1, 0.15) is 40.0 Å². The first-order chi connectivity index (χ1) is 7.58. The summed E-state index contributed by atoms with van der Waals surface area (Å²) in [5.41, 5.74) is 0. The number of aliphatic hydroxyl groups excluding tert-OH is 1. The van der Waals surface area contributed by atoms with Crippen LogP contribution in [0.15, 0.2) is 0 Å². The average Bonchev–Trinajstić information content (AvgIpc) is 2.19. The Morgan fingerprint density at radius 3 is 2.38 bits per heavy atom. The molecule has 16 heavy (non-hydrogen) atoms. The molecule has 0 spiro atoms. The van der Waals surface area contributed by atoms with Crippen molar-refractivity contribution in [2.75, 3.05) is 26.2 Å². The minimum absolute atomic E-state index is 0.173. The number of piperidine rings is 1. The van der Waals surface area contributed by atoms with Gasteiger partial charge in [0.25, 0.3) is 0 Å². The molecule has 0 aromatic heterocycles. The number of nitrogens with one attached hydrogen (secondary N) is 1. The molecule has 1 aliphatic rings. The summed E-state index contributed by atoms with van der Waals surface area (Å²) in [5.74, 6) is 0.778. The Morgan fingerprint density at radius 2 is 1.88 bits per heavy atom. The van der Waals surface area contributed by atoms with Gasteiger partial charge in [0.1, 0.15) is 0 Å². The van der Waals surface area contributed by atoms with Gasteiger partial charge in [0, 0.05) is 12.6 Å². The van der Waals surface area contributed by atoms with Gasteiger partial charge in [-0.05, 0) is 51.7 Å². The maximum atomic E-state index is 9.17. The summed E-state index contributed by atoms with van der Waals surface area (Å²) in [6.45, 7) is 11.1. The number of hydrogen-bond donors (Lipinski definition) is 2. The van der Waals surface area contributed by atoms with Gasteiger partial charge in [0.15, 0.2) is 0 Å². The van der Waals surface area contributed by atoms with E-state index >= 15 is 0 Å². The van der Waals surface area contributed by atoms with Gasteiger partial charge in [-0.3, -0.25) is 0 Å². The molecule has 0 aliphatic carbocycles. The average molecular weight is 228 g/mol. The van der Waals surface area contributed by atoms with Gasteiger partial charge in [-0.25, -0.2) is 0 Å². The molecule has 1 saturated heterocycles. The number of likely N-dealkylation sites (tertiary alicyclic amines) is 1. The van der Waals surface area contributed by atoms with Crippen molar-refractivity contribution in [3.05, 3.63) is 0 Å². The summed E-state index contributed by atoms with van der Waals surface area (Å²) < 4.78 is 0. The van der Waals surface area contributed by atoms with Crippen molar-refractivity contribution < 1.29 is 5.11 Å². The van der Waals surface area contributed by atoms with Crippen molar-refractivity contribution in [1.29, 1.82) is 0 Å². The lowest BCUT2D eigenvalue weighted by molar-refractivity contribution is 0.165. The first-order valence-corrected chi connectivity index (χ1v) is 6.71. The maximum Gasteiger partial charge on any atom is 0.0524 e. The van der Waals surface area contributed by atoms with Gasteiger partial charge in [0.05, 0.1) is 6.10 Å². The van der Waals surface area contributed by atoms with Crippen LogP contribution in [-0.2, 0) is 0 Å². The number of nitrogens with zero attached hydrogens (tertiary/aromatic N) is 1. The second-order valence-electron chi connectivity index (χ2n) is 5.56. The van der Waals surface area contributed by atoms with Crippen molar-refractivity contribution in [2.45, 2.75) is 52.2 Å². The molecule has 2 N–H and O–H groups in total. The van der Waals surface area contributed by atoms with Crippen LogP contribution < -0.4 is 5.32 Å². The SMILES string of the molecule is CC(C)CN1CCC(NCCC(C)O)CC1. The van der Waals surface area contributed by atoms with E-state index in [0.29, 0.717) is 6.04 Å².